The highest BCUT2D eigenvalue weighted by atomic mass is 79.9. The van der Waals surface area contributed by atoms with Gasteiger partial charge in [-0.05, 0) is 60.0 Å². The summed E-state index contributed by atoms with van der Waals surface area (Å²) in [6.07, 6.45) is 2.69. The van der Waals surface area contributed by atoms with Gasteiger partial charge in [-0.2, -0.15) is 0 Å². The first-order valence-electron chi connectivity index (χ1n) is 12.5. The van der Waals surface area contributed by atoms with E-state index in [0.717, 1.165) is 32.3 Å². The van der Waals surface area contributed by atoms with E-state index in [1.54, 1.807) is 31.3 Å². The van der Waals surface area contributed by atoms with Crippen molar-refractivity contribution in [2.45, 2.75) is 13.0 Å². The smallest absolute Gasteiger partial charge is 0.254 e. The van der Waals surface area contributed by atoms with Gasteiger partial charge in [0.05, 0.1) is 13.7 Å². The van der Waals surface area contributed by atoms with Gasteiger partial charge < -0.3 is 24.3 Å². The van der Waals surface area contributed by atoms with Gasteiger partial charge in [-0.3, -0.25) is 9.59 Å². The van der Waals surface area contributed by atoms with E-state index in [1.165, 1.54) is 0 Å². The average Bonchev–Trinajstić information content (AvgIpc) is 3.36. The SMILES string of the molecule is COCCN(CC(=O)N(CCc1c[nH]c2ccccc12)Cc1ccc(OC)cc1)C(=O)c1ccc(Br)cc1. The summed E-state index contributed by atoms with van der Waals surface area (Å²) in [5.74, 6) is 0.433. The molecule has 0 saturated heterocycles. The monoisotopic (exact) mass is 577 g/mol. The molecule has 0 unspecified atom stereocenters. The van der Waals surface area contributed by atoms with Crippen LogP contribution in [0.5, 0.6) is 5.75 Å². The third-order valence-corrected chi connectivity index (χ3v) is 7.01. The highest BCUT2D eigenvalue weighted by molar-refractivity contribution is 9.10. The molecular formula is C30H32BrN3O4. The third-order valence-electron chi connectivity index (χ3n) is 6.48. The third kappa shape index (κ3) is 7.02. The molecule has 0 radical (unpaired) electrons. The predicted molar refractivity (Wildman–Crippen MR) is 152 cm³/mol. The first-order chi connectivity index (χ1) is 18.5. The minimum Gasteiger partial charge on any atom is -0.497 e. The summed E-state index contributed by atoms with van der Waals surface area (Å²) < 4.78 is 11.4. The molecule has 8 heteroatoms. The van der Waals surface area contributed by atoms with Gasteiger partial charge in [0.25, 0.3) is 5.91 Å². The van der Waals surface area contributed by atoms with Crippen LogP contribution in [0.2, 0.25) is 0 Å². The molecule has 1 N–H and O–H groups in total. The molecule has 0 spiro atoms. The number of hydrogen-bond acceptors (Lipinski definition) is 4. The maximum atomic E-state index is 13.7. The Bertz CT molecular complexity index is 1350. The lowest BCUT2D eigenvalue weighted by Gasteiger charge is -2.28. The van der Waals surface area contributed by atoms with Crippen LogP contribution in [0.15, 0.2) is 83.5 Å². The second-order valence-electron chi connectivity index (χ2n) is 9.00. The molecule has 3 aromatic carbocycles. The lowest BCUT2D eigenvalue weighted by atomic mass is 10.1. The van der Waals surface area contributed by atoms with Crippen LogP contribution in [0.4, 0.5) is 0 Å². The fraction of sp³-hybridized carbons (Fsp3) is 0.267. The summed E-state index contributed by atoms with van der Waals surface area (Å²) in [6.45, 7) is 1.55. The van der Waals surface area contributed by atoms with Crippen LogP contribution in [-0.2, 0) is 22.5 Å². The number of hydrogen-bond donors (Lipinski definition) is 1. The Morgan fingerprint density at radius 2 is 1.63 bits per heavy atom. The van der Waals surface area contributed by atoms with Gasteiger partial charge in [0.2, 0.25) is 5.91 Å². The topological polar surface area (TPSA) is 74.9 Å². The first kappa shape index (κ1) is 27.4. The van der Waals surface area contributed by atoms with Gasteiger partial charge in [0.1, 0.15) is 12.3 Å². The number of carbonyl (C=O) groups is 2. The van der Waals surface area contributed by atoms with Crippen LogP contribution >= 0.6 is 15.9 Å². The van der Waals surface area contributed by atoms with Crippen molar-refractivity contribution in [3.63, 3.8) is 0 Å². The maximum absolute atomic E-state index is 13.7. The zero-order valence-electron chi connectivity index (χ0n) is 21.7. The van der Waals surface area contributed by atoms with Gasteiger partial charge in [-0.15, -0.1) is 0 Å². The van der Waals surface area contributed by atoms with Gasteiger partial charge in [0.15, 0.2) is 0 Å². The average molecular weight is 579 g/mol. The number of para-hydroxylation sites is 1. The Morgan fingerprint density at radius 3 is 2.34 bits per heavy atom. The van der Waals surface area contributed by atoms with Crippen molar-refractivity contribution in [1.82, 2.24) is 14.8 Å². The maximum Gasteiger partial charge on any atom is 0.254 e. The number of ether oxygens (including phenoxy) is 2. The zero-order valence-corrected chi connectivity index (χ0v) is 23.2. The van der Waals surface area contributed by atoms with E-state index < -0.39 is 0 Å². The van der Waals surface area contributed by atoms with E-state index in [9.17, 15) is 9.59 Å². The number of halogens is 1. The van der Waals surface area contributed by atoms with Crippen LogP contribution in [0.3, 0.4) is 0 Å². The number of methoxy groups -OCH3 is 2. The van der Waals surface area contributed by atoms with E-state index >= 15 is 0 Å². The van der Waals surface area contributed by atoms with Crippen LogP contribution in [0.1, 0.15) is 21.5 Å². The zero-order chi connectivity index (χ0) is 26.9. The Morgan fingerprint density at radius 1 is 0.895 bits per heavy atom. The molecule has 0 bridgehead atoms. The Labute approximate surface area is 231 Å². The lowest BCUT2D eigenvalue weighted by Crippen LogP contribution is -2.44. The first-order valence-corrected chi connectivity index (χ1v) is 13.3. The molecule has 0 saturated carbocycles. The number of rotatable bonds is 12. The summed E-state index contributed by atoms with van der Waals surface area (Å²) in [4.78, 5) is 33.7. The largest absolute Gasteiger partial charge is 0.497 e. The minimum absolute atomic E-state index is 0.0394. The van der Waals surface area contributed by atoms with Crippen molar-refractivity contribution in [2.75, 3.05) is 40.5 Å². The summed E-state index contributed by atoms with van der Waals surface area (Å²) >= 11 is 3.41. The Hall–Kier alpha value is -3.62. The summed E-state index contributed by atoms with van der Waals surface area (Å²) in [5, 5.41) is 1.15. The standard InChI is InChI=1S/C30H32BrN3O4/c1-37-18-17-34(30(36)23-9-11-25(31)12-10-23)21-29(35)33(20-22-7-13-26(38-2)14-8-22)16-15-24-19-32-28-6-4-3-5-27(24)28/h3-14,19,32H,15-18,20-21H2,1-2H3. The molecule has 1 heterocycles. The number of aromatic amines is 1. The molecule has 7 nitrogen and oxygen atoms in total. The van der Waals surface area contributed by atoms with E-state index in [1.807, 2.05) is 65.7 Å². The Balaban J connectivity index is 1.54. The van der Waals surface area contributed by atoms with Gasteiger partial charge in [-0.1, -0.05) is 46.3 Å². The van der Waals surface area contributed by atoms with Crippen molar-refractivity contribution in [2.24, 2.45) is 0 Å². The second kappa shape index (κ2) is 13.3. The fourth-order valence-electron chi connectivity index (χ4n) is 4.33. The van der Waals surface area contributed by atoms with Crippen molar-refractivity contribution < 1.29 is 19.1 Å². The molecule has 0 aliphatic carbocycles. The van der Waals surface area contributed by atoms with E-state index in [-0.39, 0.29) is 18.4 Å². The van der Waals surface area contributed by atoms with Crippen molar-refractivity contribution >= 4 is 38.6 Å². The molecular weight excluding hydrogens is 546 g/mol. The second-order valence-corrected chi connectivity index (χ2v) is 9.91. The molecule has 4 aromatic rings. The van der Waals surface area contributed by atoms with Crippen molar-refractivity contribution in [1.29, 1.82) is 0 Å². The lowest BCUT2D eigenvalue weighted by molar-refractivity contribution is -0.132. The number of fused-ring (bicyclic) bond motifs is 1. The molecule has 1 aromatic heterocycles. The highest BCUT2D eigenvalue weighted by Crippen LogP contribution is 2.20. The van der Waals surface area contributed by atoms with Crippen LogP contribution in [-0.4, -0.2) is 67.1 Å². The van der Waals surface area contributed by atoms with E-state index in [4.69, 9.17) is 9.47 Å². The van der Waals surface area contributed by atoms with Crippen LogP contribution < -0.4 is 4.74 Å². The summed E-state index contributed by atoms with van der Waals surface area (Å²) in [7, 11) is 3.21. The van der Waals surface area contributed by atoms with Crippen LogP contribution in [0.25, 0.3) is 10.9 Å². The van der Waals surface area contributed by atoms with Gasteiger partial charge in [-0.25, -0.2) is 0 Å². The summed E-state index contributed by atoms with van der Waals surface area (Å²) in [5.41, 5.74) is 3.73. The number of carbonyl (C=O) groups excluding carboxylic acids is 2. The summed E-state index contributed by atoms with van der Waals surface area (Å²) in [6, 6.07) is 23.0. The number of amides is 2. The van der Waals surface area contributed by atoms with Crippen molar-refractivity contribution in [3.8, 4) is 5.75 Å². The highest BCUT2D eigenvalue weighted by Gasteiger charge is 2.23. The number of nitrogens with zero attached hydrogens (tertiary/aromatic N) is 2. The molecule has 2 amide bonds. The molecule has 0 atom stereocenters. The fourth-order valence-corrected chi connectivity index (χ4v) is 4.59. The van der Waals surface area contributed by atoms with Crippen molar-refractivity contribution in [3.05, 3.63) is 100 Å². The Kier molecular flexibility index (Phi) is 9.56. The van der Waals surface area contributed by atoms with Gasteiger partial charge >= 0.3 is 0 Å². The number of H-pyrrole nitrogens is 1. The number of nitrogens with one attached hydrogen (secondary N) is 1. The number of aromatic nitrogens is 1. The molecule has 38 heavy (non-hydrogen) atoms. The minimum atomic E-state index is -0.205. The molecule has 0 aliphatic rings. The quantitative estimate of drug-likeness (QED) is 0.248. The normalized spacial score (nSPS) is 10.9. The van der Waals surface area contributed by atoms with Gasteiger partial charge in [0, 0.05) is 53.9 Å². The van der Waals surface area contributed by atoms with Crippen LogP contribution in [0, 0.1) is 0 Å². The number of benzene rings is 3. The molecule has 4 rings (SSSR count). The molecule has 198 valence electrons. The van der Waals surface area contributed by atoms with E-state index in [0.29, 0.717) is 38.2 Å². The predicted octanol–water partition coefficient (Wildman–Crippen LogP) is 5.30. The molecule has 0 aliphatic heterocycles. The van der Waals surface area contributed by atoms with E-state index in [2.05, 4.69) is 27.0 Å². The molecule has 0 fully saturated rings.